The van der Waals surface area contributed by atoms with E-state index in [9.17, 15) is 4.79 Å². The lowest BCUT2D eigenvalue weighted by atomic mass is 9.98. The summed E-state index contributed by atoms with van der Waals surface area (Å²) in [7, 11) is 1.83. The molecule has 0 aliphatic heterocycles. The first-order chi connectivity index (χ1) is 19.1. The highest BCUT2D eigenvalue weighted by Crippen LogP contribution is 2.31. The van der Waals surface area contributed by atoms with E-state index in [0.717, 1.165) is 43.9 Å². The fourth-order valence-corrected chi connectivity index (χ4v) is 5.51. The summed E-state index contributed by atoms with van der Waals surface area (Å²) in [4.78, 5) is 35.5. The van der Waals surface area contributed by atoms with E-state index in [4.69, 9.17) is 4.99 Å². The van der Waals surface area contributed by atoms with Crippen molar-refractivity contribution in [2.45, 2.75) is 13.0 Å². The molecule has 2 N–H and O–H groups in total. The number of para-hydroxylation sites is 1. The van der Waals surface area contributed by atoms with Gasteiger partial charge in [0.25, 0.3) is 5.56 Å². The molecule has 0 aliphatic carbocycles. The minimum atomic E-state index is -0.421. The number of amidine groups is 1. The Labute approximate surface area is 228 Å². The minimum Gasteiger partial charge on any atom is -0.378 e. The second-order valence-electron chi connectivity index (χ2n) is 9.02. The van der Waals surface area contributed by atoms with E-state index in [1.54, 1.807) is 16.3 Å². The van der Waals surface area contributed by atoms with E-state index in [-0.39, 0.29) is 5.56 Å². The molecule has 6 aromatic rings. The number of nitrogens with zero attached hydrogens (tertiary/aromatic N) is 5. The number of hydrogen-bond acceptors (Lipinski definition) is 6. The third kappa shape index (κ3) is 4.32. The van der Waals surface area contributed by atoms with Crippen LogP contribution in [0.2, 0.25) is 0 Å². The van der Waals surface area contributed by atoms with Crippen molar-refractivity contribution in [1.29, 1.82) is 0 Å². The molecule has 0 saturated carbocycles. The number of hydrogen-bond donors (Lipinski definition) is 2. The molecular formula is C30H25N7OS. The third-order valence-corrected chi connectivity index (χ3v) is 7.54. The molecular weight excluding hydrogens is 506 g/mol. The van der Waals surface area contributed by atoms with Crippen LogP contribution in [0.1, 0.15) is 24.4 Å². The predicted octanol–water partition coefficient (Wildman–Crippen LogP) is 6.24. The summed E-state index contributed by atoms with van der Waals surface area (Å²) in [5.41, 5.74) is 6.25. The van der Waals surface area contributed by atoms with Gasteiger partial charge in [-0.2, -0.15) is 0 Å². The molecule has 39 heavy (non-hydrogen) atoms. The highest BCUT2D eigenvalue weighted by Gasteiger charge is 2.20. The zero-order chi connectivity index (χ0) is 26.9. The quantitative estimate of drug-likeness (QED) is 0.196. The van der Waals surface area contributed by atoms with Gasteiger partial charge in [0, 0.05) is 36.1 Å². The first kappa shape index (κ1) is 24.4. The maximum absolute atomic E-state index is 14.4. The third-order valence-electron chi connectivity index (χ3n) is 6.70. The van der Waals surface area contributed by atoms with Crippen molar-refractivity contribution in [3.63, 3.8) is 0 Å². The summed E-state index contributed by atoms with van der Waals surface area (Å²) < 4.78 is 1.74. The van der Waals surface area contributed by atoms with Crippen LogP contribution >= 0.6 is 11.3 Å². The van der Waals surface area contributed by atoms with Gasteiger partial charge in [0.2, 0.25) is 0 Å². The maximum atomic E-state index is 14.4. The van der Waals surface area contributed by atoms with Crippen LogP contribution in [0.4, 0.5) is 5.00 Å². The Morgan fingerprint density at radius 3 is 2.72 bits per heavy atom. The van der Waals surface area contributed by atoms with Gasteiger partial charge in [-0.15, -0.1) is 11.3 Å². The lowest BCUT2D eigenvalue weighted by Crippen LogP contribution is -2.24. The second-order valence-corrected chi connectivity index (χ2v) is 9.88. The fraction of sp³-hybridized carbons (Fsp3) is 0.100. The van der Waals surface area contributed by atoms with Crippen molar-refractivity contribution < 1.29 is 0 Å². The van der Waals surface area contributed by atoms with Gasteiger partial charge in [0.05, 0.1) is 22.6 Å². The van der Waals surface area contributed by atoms with Crippen molar-refractivity contribution in [2.75, 3.05) is 12.4 Å². The Balaban J connectivity index is 1.59. The number of aromatic nitrogens is 4. The van der Waals surface area contributed by atoms with Crippen LogP contribution in [-0.2, 0) is 0 Å². The molecule has 8 nitrogen and oxygen atoms in total. The Kier molecular flexibility index (Phi) is 6.34. The van der Waals surface area contributed by atoms with Crippen molar-refractivity contribution in [3.05, 3.63) is 106 Å². The van der Waals surface area contributed by atoms with Crippen LogP contribution in [0.3, 0.4) is 0 Å². The molecule has 0 spiro atoms. The van der Waals surface area contributed by atoms with Crippen LogP contribution in [0.5, 0.6) is 0 Å². The van der Waals surface area contributed by atoms with Gasteiger partial charge in [-0.1, -0.05) is 36.4 Å². The smallest absolute Gasteiger partial charge is 0.263 e. The summed E-state index contributed by atoms with van der Waals surface area (Å²) in [6.07, 6.45) is 3.66. The molecule has 192 valence electrons. The Hall–Kier alpha value is -4.89. The molecule has 0 aliphatic rings. The van der Waals surface area contributed by atoms with E-state index in [1.807, 2.05) is 80.8 Å². The number of benzene rings is 2. The molecule has 4 aromatic heterocycles. The van der Waals surface area contributed by atoms with Crippen LogP contribution in [0.25, 0.3) is 38.6 Å². The number of thiazole rings is 1. The van der Waals surface area contributed by atoms with Gasteiger partial charge in [-0.25, -0.2) is 15.0 Å². The Morgan fingerprint density at radius 2 is 1.92 bits per heavy atom. The normalized spacial score (nSPS) is 12.6. The van der Waals surface area contributed by atoms with E-state index in [0.29, 0.717) is 16.9 Å². The first-order valence-corrected chi connectivity index (χ1v) is 13.3. The summed E-state index contributed by atoms with van der Waals surface area (Å²) in [5, 5.41) is 6.42. The van der Waals surface area contributed by atoms with Crippen LogP contribution in [0, 0.1) is 0 Å². The molecule has 2 aromatic carbocycles. The molecule has 0 unspecified atom stereocenters. The zero-order valence-electron chi connectivity index (χ0n) is 21.4. The van der Waals surface area contributed by atoms with Crippen molar-refractivity contribution in [2.24, 2.45) is 9.98 Å². The number of anilines is 1. The zero-order valence-corrected chi connectivity index (χ0v) is 22.2. The largest absolute Gasteiger partial charge is 0.378 e. The number of H-pyrrole nitrogens is 1. The molecule has 4 heterocycles. The Bertz CT molecular complexity index is 1920. The van der Waals surface area contributed by atoms with E-state index in [1.165, 1.54) is 11.3 Å². The standard InChI is InChI=1S/C30H25N7OS/c1-18(36-28(31-2)26-29(32-3)39-17-35-26)24-15-19-8-7-11-23(21-14-20-12-13-33-27(20)34-16-21)25(19)30(38)37(24)22-9-5-4-6-10-22/h4-18,32H,2H2,1,3H3,(H,33,34)/t18-/m0/s1. The van der Waals surface area contributed by atoms with Crippen LogP contribution in [0.15, 0.2) is 99.4 Å². The van der Waals surface area contributed by atoms with Crippen LogP contribution in [-0.4, -0.2) is 39.1 Å². The summed E-state index contributed by atoms with van der Waals surface area (Å²) in [6.45, 7) is 5.68. The second kappa shape index (κ2) is 10.1. The highest BCUT2D eigenvalue weighted by molar-refractivity contribution is 7.14. The molecule has 9 heteroatoms. The van der Waals surface area contributed by atoms with Gasteiger partial charge in [-0.05, 0) is 54.9 Å². The van der Waals surface area contributed by atoms with Crippen molar-refractivity contribution in [1.82, 2.24) is 19.5 Å². The average molecular weight is 532 g/mol. The molecule has 1 atom stereocenters. The summed E-state index contributed by atoms with van der Waals surface area (Å²) in [5.74, 6) is 0.417. The number of nitrogens with one attached hydrogen (secondary N) is 2. The van der Waals surface area contributed by atoms with Gasteiger partial charge < -0.3 is 10.3 Å². The number of aliphatic imine (C=N–C) groups is 2. The lowest BCUT2D eigenvalue weighted by Gasteiger charge is -2.19. The SMILES string of the molecule is C=NC(=N[C@@H](C)c1cc2cccc(-c3cnc4[nH]ccc4c3)c2c(=O)n1-c1ccccc1)c1ncsc1NC. The van der Waals surface area contributed by atoms with E-state index >= 15 is 0 Å². The molecule has 0 bridgehead atoms. The van der Waals surface area contributed by atoms with Crippen LogP contribution < -0.4 is 10.9 Å². The molecule has 0 radical (unpaired) electrons. The summed E-state index contributed by atoms with van der Waals surface area (Å²) >= 11 is 1.47. The fourth-order valence-electron chi connectivity index (χ4n) is 4.87. The maximum Gasteiger partial charge on any atom is 0.263 e. The predicted molar refractivity (Wildman–Crippen MR) is 161 cm³/mol. The first-order valence-electron chi connectivity index (χ1n) is 12.4. The van der Waals surface area contributed by atoms with E-state index in [2.05, 4.69) is 38.0 Å². The van der Waals surface area contributed by atoms with Crippen molar-refractivity contribution >= 4 is 50.7 Å². The number of rotatable bonds is 6. The molecule has 0 fully saturated rings. The summed E-state index contributed by atoms with van der Waals surface area (Å²) in [6, 6.07) is 21.2. The number of pyridine rings is 2. The van der Waals surface area contributed by atoms with E-state index < -0.39 is 6.04 Å². The van der Waals surface area contributed by atoms with Gasteiger partial charge in [0.1, 0.15) is 16.3 Å². The number of fused-ring (bicyclic) bond motifs is 2. The lowest BCUT2D eigenvalue weighted by molar-refractivity contribution is 0.735. The highest BCUT2D eigenvalue weighted by atomic mass is 32.1. The van der Waals surface area contributed by atoms with Gasteiger partial charge in [0.15, 0.2) is 5.84 Å². The monoisotopic (exact) mass is 531 g/mol. The van der Waals surface area contributed by atoms with Crippen molar-refractivity contribution in [3.8, 4) is 16.8 Å². The molecule has 6 rings (SSSR count). The topological polar surface area (TPSA) is 100 Å². The molecule has 0 amide bonds. The number of aromatic amines is 1. The molecule has 0 saturated heterocycles. The van der Waals surface area contributed by atoms with Gasteiger partial charge in [-0.3, -0.25) is 14.4 Å². The average Bonchev–Trinajstić information content (AvgIpc) is 3.65. The minimum absolute atomic E-state index is 0.127. The van der Waals surface area contributed by atoms with Gasteiger partial charge >= 0.3 is 0 Å². The Morgan fingerprint density at radius 1 is 1.08 bits per heavy atom.